The molecule has 0 aliphatic carbocycles. The Morgan fingerprint density at radius 2 is 2.06 bits per heavy atom. The molecule has 0 aliphatic rings. The highest BCUT2D eigenvalue weighted by Gasteiger charge is 2.00. The van der Waals surface area contributed by atoms with Crippen molar-refractivity contribution in [2.24, 2.45) is 0 Å². The molecule has 1 aromatic carbocycles. The predicted octanol–water partition coefficient (Wildman–Crippen LogP) is 2.41. The SMILES string of the molecule is Cc1nccc(CNc2ccc(O)cc2C)n1. The van der Waals surface area contributed by atoms with Gasteiger partial charge >= 0.3 is 0 Å². The zero-order valence-electron chi connectivity index (χ0n) is 9.94. The fraction of sp³-hybridized carbons (Fsp3) is 0.231. The van der Waals surface area contributed by atoms with E-state index in [-0.39, 0.29) is 5.75 Å². The van der Waals surface area contributed by atoms with Crippen LogP contribution < -0.4 is 5.32 Å². The lowest BCUT2D eigenvalue weighted by molar-refractivity contribution is 0.475. The molecule has 2 N–H and O–H groups in total. The van der Waals surface area contributed by atoms with Gasteiger partial charge in [-0.05, 0) is 43.7 Å². The predicted molar refractivity (Wildman–Crippen MR) is 66.9 cm³/mol. The number of phenols is 1. The van der Waals surface area contributed by atoms with Gasteiger partial charge in [0.15, 0.2) is 0 Å². The van der Waals surface area contributed by atoms with Crippen molar-refractivity contribution in [1.82, 2.24) is 9.97 Å². The zero-order chi connectivity index (χ0) is 12.3. The second-order valence-corrected chi connectivity index (χ2v) is 3.95. The standard InChI is InChI=1S/C13H15N3O/c1-9-7-12(17)3-4-13(9)15-8-11-5-6-14-10(2)16-11/h3-7,15,17H,8H2,1-2H3. The number of aryl methyl sites for hydroxylation is 2. The number of anilines is 1. The topological polar surface area (TPSA) is 58.0 Å². The van der Waals surface area contributed by atoms with Crippen molar-refractivity contribution in [1.29, 1.82) is 0 Å². The highest BCUT2D eigenvalue weighted by molar-refractivity contribution is 5.53. The second-order valence-electron chi connectivity index (χ2n) is 3.95. The van der Waals surface area contributed by atoms with E-state index in [2.05, 4.69) is 15.3 Å². The van der Waals surface area contributed by atoms with Crippen LogP contribution in [0.1, 0.15) is 17.1 Å². The number of nitrogens with zero attached hydrogens (tertiary/aromatic N) is 2. The number of hydrogen-bond acceptors (Lipinski definition) is 4. The summed E-state index contributed by atoms with van der Waals surface area (Å²) in [5.41, 5.74) is 2.96. The highest BCUT2D eigenvalue weighted by atomic mass is 16.3. The van der Waals surface area contributed by atoms with Gasteiger partial charge < -0.3 is 10.4 Å². The molecule has 0 radical (unpaired) electrons. The Bertz CT molecular complexity index is 526. The van der Waals surface area contributed by atoms with Crippen LogP contribution in [0.15, 0.2) is 30.5 Å². The van der Waals surface area contributed by atoms with Crippen molar-refractivity contribution >= 4 is 5.69 Å². The van der Waals surface area contributed by atoms with Crippen molar-refractivity contribution < 1.29 is 5.11 Å². The summed E-state index contributed by atoms with van der Waals surface area (Å²) in [5.74, 6) is 1.05. The van der Waals surface area contributed by atoms with E-state index in [0.717, 1.165) is 22.8 Å². The average molecular weight is 229 g/mol. The first-order chi connectivity index (χ1) is 8.15. The van der Waals surface area contributed by atoms with Crippen LogP contribution in [0.4, 0.5) is 5.69 Å². The summed E-state index contributed by atoms with van der Waals surface area (Å²) in [6.07, 6.45) is 1.75. The van der Waals surface area contributed by atoms with Crippen LogP contribution in [0.3, 0.4) is 0 Å². The maximum absolute atomic E-state index is 9.31. The van der Waals surface area contributed by atoms with E-state index in [1.165, 1.54) is 0 Å². The van der Waals surface area contributed by atoms with Crippen LogP contribution in [0.5, 0.6) is 5.75 Å². The summed E-state index contributed by atoms with van der Waals surface area (Å²) < 4.78 is 0. The molecule has 88 valence electrons. The maximum atomic E-state index is 9.31. The Morgan fingerprint density at radius 3 is 2.76 bits per heavy atom. The fourth-order valence-corrected chi connectivity index (χ4v) is 1.64. The molecule has 0 fully saturated rings. The van der Waals surface area contributed by atoms with Gasteiger partial charge in [0.2, 0.25) is 0 Å². The molecule has 0 saturated carbocycles. The van der Waals surface area contributed by atoms with E-state index in [0.29, 0.717) is 6.54 Å². The fourth-order valence-electron chi connectivity index (χ4n) is 1.64. The van der Waals surface area contributed by atoms with E-state index in [1.54, 1.807) is 18.3 Å². The molecular weight excluding hydrogens is 214 g/mol. The first kappa shape index (κ1) is 11.4. The van der Waals surface area contributed by atoms with Gasteiger partial charge in [-0.25, -0.2) is 9.97 Å². The summed E-state index contributed by atoms with van der Waals surface area (Å²) in [6, 6.07) is 7.14. The molecule has 0 spiro atoms. The Morgan fingerprint density at radius 1 is 1.24 bits per heavy atom. The van der Waals surface area contributed by atoms with E-state index in [4.69, 9.17) is 0 Å². The molecule has 0 aliphatic heterocycles. The number of aromatic nitrogens is 2. The minimum atomic E-state index is 0.283. The third-order valence-electron chi connectivity index (χ3n) is 2.50. The van der Waals surface area contributed by atoms with Crippen LogP contribution in [0.25, 0.3) is 0 Å². The summed E-state index contributed by atoms with van der Waals surface area (Å²) in [7, 11) is 0. The van der Waals surface area contributed by atoms with Crippen molar-refractivity contribution in [2.75, 3.05) is 5.32 Å². The van der Waals surface area contributed by atoms with Gasteiger partial charge in [0.05, 0.1) is 12.2 Å². The minimum absolute atomic E-state index is 0.283. The lowest BCUT2D eigenvalue weighted by Crippen LogP contribution is -2.04. The van der Waals surface area contributed by atoms with E-state index in [1.807, 2.05) is 26.0 Å². The number of nitrogens with one attached hydrogen (secondary N) is 1. The third kappa shape index (κ3) is 2.93. The molecule has 0 saturated heterocycles. The third-order valence-corrected chi connectivity index (χ3v) is 2.50. The second kappa shape index (κ2) is 4.82. The number of phenolic OH excluding ortho intramolecular Hbond substituents is 1. The summed E-state index contributed by atoms with van der Waals surface area (Å²) in [5, 5.41) is 12.6. The lowest BCUT2D eigenvalue weighted by atomic mass is 10.2. The first-order valence-electron chi connectivity index (χ1n) is 5.47. The molecule has 1 aromatic heterocycles. The van der Waals surface area contributed by atoms with E-state index in [9.17, 15) is 5.11 Å². The molecule has 0 atom stereocenters. The summed E-state index contributed by atoms with van der Waals surface area (Å²) >= 11 is 0. The van der Waals surface area contributed by atoms with Crippen LogP contribution in [0.2, 0.25) is 0 Å². The summed E-state index contributed by atoms with van der Waals surface area (Å²) in [6.45, 7) is 4.47. The molecule has 0 bridgehead atoms. The average Bonchev–Trinajstić information content (AvgIpc) is 2.28. The molecule has 0 unspecified atom stereocenters. The Hall–Kier alpha value is -2.10. The highest BCUT2D eigenvalue weighted by Crippen LogP contribution is 2.20. The lowest BCUT2D eigenvalue weighted by Gasteiger charge is -2.09. The van der Waals surface area contributed by atoms with E-state index >= 15 is 0 Å². The van der Waals surface area contributed by atoms with Crippen LogP contribution in [-0.2, 0) is 6.54 Å². The first-order valence-corrected chi connectivity index (χ1v) is 5.47. The van der Waals surface area contributed by atoms with Gasteiger partial charge in [0.1, 0.15) is 11.6 Å². The Kier molecular flexibility index (Phi) is 3.23. The number of benzene rings is 1. The van der Waals surface area contributed by atoms with Crippen molar-refractivity contribution in [2.45, 2.75) is 20.4 Å². The molecule has 17 heavy (non-hydrogen) atoms. The molecule has 2 aromatic rings. The van der Waals surface area contributed by atoms with E-state index < -0.39 is 0 Å². The Labute approximate surface area is 100 Å². The van der Waals surface area contributed by atoms with Gasteiger partial charge in [-0.1, -0.05) is 0 Å². The smallest absolute Gasteiger partial charge is 0.125 e. The number of rotatable bonds is 3. The quantitative estimate of drug-likeness (QED) is 0.793. The molecule has 0 amide bonds. The van der Waals surface area contributed by atoms with Gasteiger partial charge in [-0.15, -0.1) is 0 Å². The number of hydrogen-bond donors (Lipinski definition) is 2. The van der Waals surface area contributed by atoms with Crippen LogP contribution in [0, 0.1) is 13.8 Å². The molecular formula is C13H15N3O. The van der Waals surface area contributed by atoms with Crippen molar-refractivity contribution in [3.63, 3.8) is 0 Å². The van der Waals surface area contributed by atoms with Gasteiger partial charge in [-0.2, -0.15) is 0 Å². The van der Waals surface area contributed by atoms with Crippen molar-refractivity contribution in [3.8, 4) is 5.75 Å². The maximum Gasteiger partial charge on any atom is 0.125 e. The Balaban J connectivity index is 2.07. The van der Waals surface area contributed by atoms with Crippen molar-refractivity contribution in [3.05, 3.63) is 47.5 Å². The van der Waals surface area contributed by atoms with Gasteiger partial charge in [-0.3, -0.25) is 0 Å². The monoisotopic (exact) mass is 229 g/mol. The molecule has 1 heterocycles. The zero-order valence-corrected chi connectivity index (χ0v) is 9.94. The number of aromatic hydroxyl groups is 1. The van der Waals surface area contributed by atoms with Gasteiger partial charge in [0.25, 0.3) is 0 Å². The minimum Gasteiger partial charge on any atom is -0.508 e. The van der Waals surface area contributed by atoms with Crippen LogP contribution in [-0.4, -0.2) is 15.1 Å². The summed E-state index contributed by atoms with van der Waals surface area (Å²) in [4.78, 5) is 8.36. The molecule has 4 heteroatoms. The van der Waals surface area contributed by atoms with Crippen LogP contribution >= 0.6 is 0 Å². The largest absolute Gasteiger partial charge is 0.508 e. The molecule has 2 rings (SSSR count). The molecule has 4 nitrogen and oxygen atoms in total. The normalized spacial score (nSPS) is 10.2. The van der Waals surface area contributed by atoms with Gasteiger partial charge in [0, 0.05) is 11.9 Å².